The second-order valence-corrected chi connectivity index (χ2v) is 8.80. The minimum atomic E-state index is -0.741. The Morgan fingerprint density at radius 1 is 1.12 bits per heavy atom. The molecule has 3 aromatic rings. The number of aromatic nitrogens is 2. The van der Waals surface area contributed by atoms with Gasteiger partial charge in [-0.05, 0) is 29.2 Å². The second kappa shape index (κ2) is 10.1. The van der Waals surface area contributed by atoms with Crippen LogP contribution in [-0.4, -0.2) is 39.0 Å². The number of carbonyl (C=O) groups is 1. The van der Waals surface area contributed by atoms with Crippen molar-refractivity contribution in [3.8, 4) is 11.4 Å². The maximum atomic E-state index is 10.9. The predicted octanol–water partition coefficient (Wildman–Crippen LogP) is 5.44. The van der Waals surface area contributed by atoms with E-state index in [1.165, 1.54) is 0 Å². The van der Waals surface area contributed by atoms with Crippen molar-refractivity contribution >= 4 is 29.7 Å². The van der Waals surface area contributed by atoms with Gasteiger partial charge < -0.3 is 5.11 Å². The third-order valence-electron chi connectivity index (χ3n) is 5.61. The van der Waals surface area contributed by atoms with E-state index in [0.29, 0.717) is 0 Å². The zero-order valence-electron chi connectivity index (χ0n) is 18.0. The van der Waals surface area contributed by atoms with Gasteiger partial charge in [-0.2, -0.15) is 0 Å². The summed E-state index contributed by atoms with van der Waals surface area (Å²) in [6.07, 6.45) is 7.10. The standard InChI is InChI=1S/C26H26ClN3O2/c1-18(14-25(31)32)16-30-13-12-24-22(17-30)15-28-26(29-24)21-8-4-19(5-9-21)2-3-20-6-10-23(27)11-7-20/h2-11,15,18H,12-14,16-17H2,1H3,(H,31,32)/b3-2+. The predicted molar refractivity (Wildman–Crippen MR) is 128 cm³/mol. The van der Waals surface area contributed by atoms with Crippen LogP contribution in [0, 0.1) is 5.92 Å². The van der Waals surface area contributed by atoms with E-state index in [2.05, 4.69) is 34.2 Å². The van der Waals surface area contributed by atoms with Crippen LogP contribution in [0.4, 0.5) is 0 Å². The van der Waals surface area contributed by atoms with Crippen molar-refractivity contribution in [2.75, 3.05) is 13.1 Å². The zero-order valence-corrected chi connectivity index (χ0v) is 18.8. The van der Waals surface area contributed by atoms with Gasteiger partial charge >= 0.3 is 5.97 Å². The van der Waals surface area contributed by atoms with Crippen molar-refractivity contribution in [1.82, 2.24) is 14.9 Å². The fourth-order valence-electron chi connectivity index (χ4n) is 3.98. The Bertz CT molecular complexity index is 1110. The summed E-state index contributed by atoms with van der Waals surface area (Å²) < 4.78 is 0. The Labute approximate surface area is 193 Å². The maximum absolute atomic E-state index is 10.9. The van der Waals surface area contributed by atoms with Gasteiger partial charge in [0.15, 0.2) is 5.82 Å². The molecule has 2 aromatic carbocycles. The minimum Gasteiger partial charge on any atom is -0.481 e. The van der Waals surface area contributed by atoms with Crippen LogP contribution in [0.1, 0.15) is 35.7 Å². The molecular weight excluding hydrogens is 422 g/mol. The van der Waals surface area contributed by atoms with Gasteiger partial charge in [-0.25, -0.2) is 9.97 Å². The monoisotopic (exact) mass is 447 g/mol. The molecule has 2 heterocycles. The lowest BCUT2D eigenvalue weighted by molar-refractivity contribution is -0.138. The van der Waals surface area contributed by atoms with Gasteiger partial charge in [-0.1, -0.05) is 67.1 Å². The van der Waals surface area contributed by atoms with Gasteiger partial charge in [0.05, 0.1) is 5.69 Å². The molecule has 0 fully saturated rings. The summed E-state index contributed by atoms with van der Waals surface area (Å²) in [6.45, 7) is 4.42. The van der Waals surface area contributed by atoms with Crippen molar-refractivity contribution in [1.29, 1.82) is 0 Å². The summed E-state index contributed by atoms with van der Waals surface area (Å²) in [6, 6.07) is 16.0. The smallest absolute Gasteiger partial charge is 0.303 e. The molecule has 1 aliphatic heterocycles. The molecule has 0 spiro atoms. The van der Waals surface area contributed by atoms with Gasteiger partial charge in [0.2, 0.25) is 0 Å². The van der Waals surface area contributed by atoms with Crippen molar-refractivity contribution < 1.29 is 9.90 Å². The molecule has 6 heteroatoms. The van der Waals surface area contributed by atoms with Gasteiger partial charge in [0, 0.05) is 54.8 Å². The maximum Gasteiger partial charge on any atom is 0.303 e. The van der Waals surface area contributed by atoms with E-state index in [1.807, 2.05) is 49.5 Å². The van der Waals surface area contributed by atoms with E-state index >= 15 is 0 Å². The van der Waals surface area contributed by atoms with Crippen molar-refractivity contribution in [3.63, 3.8) is 0 Å². The summed E-state index contributed by atoms with van der Waals surface area (Å²) in [7, 11) is 0. The summed E-state index contributed by atoms with van der Waals surface area (Å²) in [4.78, 5) is 22.6. The molecule has 164 valence electrons. The van der Waals surface area contributed by atoms with Crippen molar-refractivity contribution in [3.05, 3.63) is 82.1 Å². The highest BCUT2D eigenvalue weighted by Gasteiger charge is 2.21. The largest absolute Gasteiger partial charge is 0.481 e. The van der Waals surface area contributed by atoms with Crippen molar-refractivity contribution in [2.24, 2.45) is 5.92 Å². The average Bonchev–Trinajstić information content (AvgIpc) is 2.78. The number of carboxylic acids is 1. The number of nitrogens with zero attached hydrogens (tertiary/aromatic N) is 3. The molecule has 1 aliphatic rings. The number of hydrogen-bond acceptors (Lipinski definition) is 4. The zero-order chi connectivity index (χ0) is 22.5. The van der Waals surface area contributed by atoms with Crippen molar-refractivity contribution in [2.45, 2.75) is 26.3 Å². The highest BCUT2D eigenvalue weighted by atomic mass is 35.5. The van der Waals surface area contributed by atoms with Gasteiger partial charge in [-0.15, -0.1) is 0 Å². The first kappa shape index (κ1) is 22.2. The Kier molecular flexibility index (Phi) is 6.98. The highest BCUT2D eigenvalue weighted by molar-refractivity contribution is 6.30. The lowest BCUT2D eigenvalue weighted by Gasteiger charge is -2.29. The molecule has 4 rings (SSSR count). The third kappa shape index (κ3) is 5.81. The average molecular weight is 448 g/mol. The number of rotatable bonds is 7. The fraction of sp³-hybridized carbons (Fsp3) is 0.269. The third-order valence-corrected chi connectivity index (χ3v) is 5.87. The van der Waals surface area contributed by atoms with Crippen LogP contribution < -0.4 is 0 Å². The molecular formula is C26H26ClN3O2. The van der Waals surface area contributed by atoms with Crippen LogP contribution in [0.25, 0.3) is 23.5 Å². The summed E-state index contributed by atoms with van der Waals surface area (Å²) >= 11 is 5.93. The lowest BCUT2D eigenvalue weighted by Crippen LogP contribution is -2.35. The quantitative estimate of drug-likeness (QED) is 0.489. The fourth-order valence-corrected chi connectivity index (χ4v) is 4.11. The molecule has 1 atom stereocenters. The first-order chi connectivity index (χ1) is 15.5. The number of benzene rings is 2. The van der Waals surface area contributed by atoms with E-state index in [4.69, 9.17) is 21.7 Å². The summed E-state index contributed by atoms with van der Waals surface area (Å²) in [5.41, 5.74) is 5.42. The molecule has 1 unspecified atom stereocenters. The van der Waals surface area contributed by atoms with Gasteiger partial charge in [-0.3, -0.25) is 9.69 Å². The van der Waals surface area contributed by atoms with Gasteiger partial charge in [0.1, 0.15) is 0 Å². The number of fused-ring (bicyclic) bond motifs is 1. The van der Waals surface area contributed by atoms with Crippen LogP contribution in [0.15, 0.2) is 54.7 Å². The molecule has 0 saturated heterocycles. The SMILES string of the molecule is CC(CC(=O)O)CN1CCc2nc(-c3ccc(/C=C/c4ccc(Cl)cc4)cc3)ncc2C1. The first-order valence-electron chi connectivity index (χ1n) is 10.8. The molecule has 0 aliphatic carbocycles. The second-order valence-electron chi connectivity index (χ2n) is 8.36. The van der Waals surface area contributed by atoms with Crippen LogP contribution >= 0.6 is 11.6 Å². The van der Waals surface area contributed by atoms with Crippen LogP contribution in [0.3, 0.4) is 0 Å². The Morgan fingerprint density at radius 3 is 2.44 bits per heavy atom. The van der Waals surface area contributed by atoms with Crippen LogP contribution in [0.2, 0.25) is 5.02 Å². The molecule has 1 aromatic heterocycles. The lowest BCUT2D eigenvalue weighted by atomic mass is 10.0. The Hall–Kier alpha value is -3.02. The number of carboxylic acid groups (broad SMARTS) is 1. The molecule has 1 N–H and O–H groups in total. The highest BCUT2D eigenvalue weighted by Crippen LogP contribution is 2.23. The van der Waals surface area contributed by atoms with E-state index in [0.717, 1.165) is 64.8 Å². The number of hydrogen-bond donors (Lipinski definition) is 1. The Morgan fingerprint density at radius 2 is 1.78 bits per heavy atom. The minimum absolute atomic E-state index is 0.126. The van der Waals surface area contributed by atoms with Gasteiger partial charge in [0.25, 0.3) is 0 Å². The summed E-state index contributed by atoms with van der Waals surface area (Å²) in [5, 5.41) is 9.70. The molecule has 0 saturated carbocycles. The molecule has 5 nitrogen and oxygen atoms in total. The normalized spacial score (nSPS) is 14.9. The van der Waals surface area contributed by atoms with E-state index in [9.17, 15) is 4.79 Å². The topological polar surface area (TPSA) is 66.3 Å². The molecule has 0 bridgehead atoms. The Balaban J connectivity index is 1.41. The molecule has 0 amide bonds. The molecule has 32 heavy (non-hydrogen) atoms. The molecule has 0 radical (unpaired) electrons. The van der Waals surface area contributed by atoms with E-state index in [1.54, 1.807) is 0 Å². The summed E-state index contributed by atoms with van der Waals surface area (Å²) in [5.74, 6) is 0.126. The first-order valence-corrected chi connectivity index (χ1v) is 11.2. The van der Waals surface area contributed by atoms with E-state index in [-0.39, 0.29) is 12.3 Å². The van der Waals surface area contributed by atoms with E-state index < -0.39 is 5.97 Å². The number of halogens is 1. The number of aliphatic carboxylic acids is 1. The van der Waals surface area contributed by atoms with Crippen LogP contribution in [0.5, 0.6) is 0 Å². The van der Waals surface area contributed by atoms with Crippen LogP contribution in [-0.2, 0) is 17.8 Å².